The molecule has 34 heavy (non-hydrogen) atoms. The molecule has 0 unspecified atom stereocenters. The van der Waals surface area contributed by atoms with Gasteiger partial charge in [0.05, 0.1) is 31.6 Å². The number of aromatic nitrogens is 4. The van der Waals surface area contributed by atoms with Crippen LogP contribution in [0.3, 0.4) is 0 Å². The molecule has 3 aromatic rings. The van der Waals surface area contributed by atoms with Gasteiger partial charge in [0.25, 0.3) is 0 Å². The molecule has 0 atom stereocenters. The molecule has 11 heteroatoms. The van der Waals surface area contributed by atoms with Gasteiger partial charge in [0.1, 0.15) is 18.4 Å². The number of hydrogen-bond acceptors (Lipinski definition) is 8. The minimum absolute atomic E-state index is 0.00440. The first-order chi connectivity index (χ1) is 16.6. The lowest BCUT2D eigenvalue weighted by atomic mass is 10.1. The van der Waals surface area contributed by atoms with Crippen molar-refractivity contribution in [3.05, 3.63) is 30.6 Å². The van der Waals surface area contributed by atoms with Gasteiger partial charge in [0, 0.05) is 30.5 Å². The largest absolute Gasteiger partial charge is 0.474 e. The number of amides is 2. The van der Waals surface area contributed by atoms with Crippen molar-refractivity contribution in [2.75, 3.05) is 36.6 Å². The monoisotopic (exact) mass is 464 g/mol. The number of carbonyl (C=O) groups excluding carboxylic acids is 2. The van der Waals surface area contributed by atoms with Crippen LogP contribution in [0.2, 0.25) is 0 Å². The highest BCUT2D eigenvalue weighted by atomic mass is 16.6. The zero-order valence-electron chi connectivity index (χ0n) is 18.5. The fourth-order valence-electron chi connectivity index (χ4n) is 4.10. The van der Waals surface area contributed by atoms with E-state index in [0.29, 0.717) is 73.5 Å². The molecule has 2 aliphatic heterocycles. The maximum absolute atomic E-state index is 12.9. The summed E-state index contributed by atoms with van der Waals surface area (Å²) in [5.74, 6) is 0.946. The minimum Gasteiger partial charge on any atom is -0.474 e. The number of rotatable bonds is 4. The number of imidazole rings is 1. The second-order valence-electron chi connectivity index (χ2n) is 8.65. The number of nitrogens with zero attached hydrogens (tertiary/aromatic N) is 5. The summed E-state index contributed by atoms with van der Waals surface area (Å²) in [7, 11) is 0. The predicted molar refractivity (Wildman–Crippen MR) is 121 cm³/mol. The van der Waals surface area contributed by atoms with Gasteiger partial charge in [-0.1, -0.05) is 0 Å². The summed E-state index contributed by atoms with van der Waals surface area (Å²) in [6, 6.07) is 5.47. The number of ether oxygens (including phenoxy) is 3. The Bertz CT molecular complexity index is 1250. The van der Waals surface area contributed by atoms with Crippen LogP contribution in [0.4, 0.5) is 16.3 Å². The molecule has 1 saturated carbocycles. The summed E-state index contributed by atoms with van der Waals surface area (Å²) in [5.41, 5.74) is 2.52. The van der Waals surface area contributed by atoms with Gasteiger partial charge < -0.3 is 19.5 Å². The smallest absolute Gasteiger partial charge is 0.414 e. The molecule has 3 aliphatic rings. The van der Waals surface area contributed by atoms with Gasteiger partial charge in [0.2, 0.25) is 11.8 Å². The van der Waals surface area contributed by atoms with Crippen LogP contribution in [0.15, 0.2) is 30.6 Å². The lowest BCUT2D eigenvalue weighted by molar-refractivity contribution is -0.117. The third-order valence-corrected chi connectivity index (χ3v) is 6.15. The van der Waals surface area contributed by atoms with Gasteiger partial charge in [-0.25, -0.2) is 19.3 Å². The van der Waals surface area contributed by atoms with Crippen LogP contribution in [-0.4, -0.2) is 64.1 Å². The van der Waals surface area contributed by atoms with Crippen LogP contribution < -0.4 is 15.0 Å². The standard InChI is InChI=1S/C23H24N6O5/c30-21(14-1-2-14)26-19-13-29-20(25-19)4-3-17(27-29)15-11-18-22(24-12-15)33-10-7-28(18)23(31)34-16-5-8-32-9-6-16/h3-4,11-14,16H,1-2,5-10H2,(H,26,30). The first-order valence-electron chi connectivity index (χ1n) is 11.5. The Hall–Kier alpha value is -3.73. The quantitative estimate of drug-likeness (QED) is 0.626. The van der Waals surface area contributed by atoms with E-state index < -0.39 is 6.09 Å². The first kappa shape index (κ1) is 20.8. The zero-order valence-corrected chi connectivity index (χ0v) is 18.5. The summed E-state index contributed by atoms with van der Waals surface area (Å²) in [4.78, 5) is 35.3. The molecule has 11 nitrogen and oxygen atoms in total. The van der Waals surface area contributed by atoms with Crippen molar-refractivity contribution in [1.82, 2.24) is 19.6 Å². The Balaban J connectivity index is 1.25. The Morgan fingerprint density at radius 3 is 2.79 bits per heavy atom. The molecule has 0 spiro atoms. The number of anilines is 2. The fourth-order valence-corrected chi connectivity index (χ4v) is 4.10. The molecule has 0 radical (unpaired) electrons. The maximum Gasteiger partial charge on any atom is 0.414 e. The Morgan fingerprint density at radius 1 is 1.12 bits per heavy atom. The van der Waals surface area contributed by atoms with Crippen LogP contribution in [0.5, 0.6) is 5.88 Å². The Kier molecular flexibility index (Phi) is 5.25. The maximum atomic E-state index is 12.9. The molecule has 5 heterocycles. The highest BCUT2D eigenvalue weighted by molar-refractivity contribution is 5.93. The molecule has 1 aliphatic carbocycles. The van der Waals surface area contributed by atoms with Gasteiger partial charge in [-0.2, -0.15) is 5.10 Å². The summed E-state index contributed by atoms with van der Waals surface area (Å²) in [6.45, 7) is 1.91. The SMILES string of the molecule is O=C(Nc1cn2nc(-c3cnc4c(c3)N(C(=O)OC3CCOCC3)CCO4)ccc2n1)C1CC1. The van der Waals surface area contributed by atoms with Crippen molar-refractivity contribution in [1.29, 1.82) is 0 Å². The molecule has 2 amide bonds. The number of pyridine rings is 1. The Labute approximate surface area is 195 Å². The van der Waals surface area contributed by atoms with Crippen molar-refractivity contribution in [2.24, 2.45) is 5.92 Å². The van der Waals surface area contributed by atoms with Crippen LogP contribution >= 0.6 is 0 Å². The van der Waals surface area contributed by atoms with Gasteiger partial charge in [0.15, 0.2) is 11.5 Å². The van der Waals surface area contributed by atoms with Crippen LogP contribution in [0, 0.1) is 5.92 Å². The van der Waals surface area contributed by atoms with Gasteiger partial charge in [-0.15, -0.1) is 0 Å². The van der Waals surface area contributed by atoms with Gasteiger partial charge >= 0.3 is 6.09 Å². The third kappa shape index (κ3) is 4.14. The van der Waals surface area contributed by atoms with E-state index >= 15 is 0 Å². The average Bonchev–Trinajstić information content (AvgIpc) is 3.64. The molecule has 1 N–H and O–H groups in total. The number of nitrogens with one attached hydrogen (secondary N) is 1. The van der Waals surface area contributed by atoms with E-state index in [0.717, 1.165) is 12.8 Å². The van der Waals surface area contributed by atoms with E-state index in [9.17, 15) is 9.59 Å². The van der Waals surface area contributed by atoms with Crippen molar-refractivity contribution < 1.29 is 23.8 Å². The van der Waals surface area contributed by atoms with E-state index in [1.807, 2.05) is 18.2 Å². The summed E-state index contributed by atoms with van der Waals surface area (Å²) >= 11 is 0. The third-order valence-electron chi connectivity index (χ3n) is 6.15. The molecular formula is C23H24N6O5. The van der Waals surface area contributed by atoms with Crippen LogP contribution in [-0.2, 0) is 14.3 Å². The zero-order chi connectivity index (χ0) is 23.1. The molecule has 0 aromatic carbocycles. The molecule has 2 fully saturated rings. The molecule has 176 valence electrons. The lowest BCUT2D eigenvalue weighted by Crippen LogP contribution is -2.41. The minimum atomic E-state index is -0.413. The van der Waals surface area contributed by atoms with E-state index in [-0.39, 0.29) is 17.9 Å². The molecule has 6 rings (SSSR count). The van der Waals surface area contributed by atoms with E-state index in [4.69, 9.17) is 14.2 Å². The van der Waals surface area contributed by atoms with E-state index in [2.05, 4.69) is 20.4 Å². The number of carbonyl (C=O) groups is 2. The van der Waals surface area contributed by atoms with Crippen LogP contribution in [0.1, 0.15) is 25.7 Å². The van der Waals surface area contributed by atoms with Crippen molar-refractivity contribution in [2.45, 2.75) is 31.8 Å². The average molecular weight is 464 g/mol. The summed E-state index contributed by atoms with van der Waals surface area (Å²) in [5, 5.41) is 7.46. The van der Waals surface area contributed by atoms with Crippen LogP contribution in [0.25, 0.3) is 16.9 Å². The van der Waals surface area contributed by atoms with Gasteiger partial charge in [-0.3, -0.25) is 9.69 Å². The van der Waals surface area contributed by atoms with Crippen molar-refractivity contribution >= 4 is 29.2 Å². The first-order valence-corrected chi connectivity index (χ1v) is 11.5. The summed E-state index contributed by atoms with van der Waals surface area (Å²) in [6.07, 6.45) is 6.02. The highest BCUT2D eigenvalue weighted by Crippen LogP contribution is 2.34. The molecule has 3 aromatic heterocycles. The van der Waals surface area contributed by atoms with Gasteiger partial charge in [-0.05, 0) is 31.0 Å². The topological polar surface area (TPSA) is 120 Å². The lowest BCUT2D eigenvalue weighted by Gasteiger charge is -2.30. The number of hydrogen-bond donors (Lipinski definition) is 1. The molecular weight excluding hydrogens is 440 g/mol. The van der Waals surface area contributed by atoms with Crippen molar-refractivity contribution in [3.8, 4) is 17.1 Å². The second-order valence-corrected chi connectivity index (χ2v) is 8.65. The second kappa shape index (κ2) is 8.56. The number of fused-ring (bicyclic) bond motifs is 2. The van der Waals surface area contributed by atoms with Crippen molar-refractivity contribution in [3.63, 3.8) is 0 Å². The normalized spacial score (nSPS) is 18.3. The summed E-state index contributed by atoms with van der Waals surface area (Å²) < 4.78 is 18.3. The van der Waals surface area contributed by atoms with E-state index in [1.165, 1.54) is 0 Å². The highest BCUT2D eigenvalue weighted by Gasteiger charge is 2.31. The molecule has 1 saturated heterocycles. The Morgan fingerprint density at radius 2 is 1.97 bits per heavy atom. The predicted octanol–water partition coefficient (Wildman–Crippen LogP) is 2.65. The molecule has 0 bridgehead atoms. The van der Waals surface area contributed by atoms with E-state index in [1.54, 1.807) is 21.8 Å². The fraction of sp³-hybridized carbons (Fsp3) is 0.435.